The van der Waals surface area contributed by atoms with Crippen LogP contribution in [-0.4, -0.2) is 56.4 Å². The molecule has 5 aliphatic rings. The molecule has 0 unspecified atom stereocenters. The summed E-state index contributed by atoms with van der Waals surface area (Å²) in [5.41, 5.74) is 3.95. The second-order valence-corrected chi connectivity index (χ2v) is 8.86. The van der Waals surface area contributed by atoms with Crippen LogP contribution in [0.5, 0.6) is 5.75 Å². The molecule has 3 fully saturated rings. The molecule has 1 aromatic carbocycles. The van der Waals surface area contributed by atoms with Gasteiger partial charge in [-0.3, -0.25) is 4.90 Å². The first-order valence-corrected chi connectivity index (χ1v) is 10.3. The monoisotopic (exact) mass is 382 g/mol. The Kier molecular flexibility index (Phi) is 3.19. The number of nitrogens with zero attached hydrogens (tertiary/aromatic N) is 1. The molecule has 1 aromatic rings. The van der Waals surface area contributed by atoms with Crippen LogP contribution in [0, 0.1) is 5.41 Å². The van der Waals surface area contributed by atoms with Gasteiger partial charge in [0.2, 0.25) is 0 Å². The Morgan fingerprint density at radius 3 is 3.00 bits per heavy atom. The van der Waals surface area contributed by atoms with E-state index in [1.165, 1.54) is 12.7 Å². The first kappa shape index (κ1) is 16.9. The lowest BCUT2D eigenvalue weighted by molar-refractivity contribution is -0.137. The van der Waals surface area contributed by atoms with E-state index in [1.807, 2.05) is 6.07 Å². The van der Waals surface area contributed by atoms with Gasteiger partial charge in [-0.15, -0.1) is 0 Å². The number of piperidine rings is 1. The molecule has 1 aliphatic carbocycles. The van der Waals surface area contributed by atoms with Crippen LogP contribution in [0.25, 0.3) is 0 Å². The molecular formula is C22H26N2O4. The summed E-state index contributed by atoms with van der Waals surface area (Å²) in [6, 6.07) is 6.64. The van der Waals surface area contributed by atoms with E-state index in [1.54, 1.807) is 7.11 Å². The molecule has 0 amide bonds. The van der Waals surface area contributed by atoms with Crippen LogP contribution in [0.4, 0.5) is 5.69 Å². The topological polar surface area (TPSA) is 63.3 Å². The molecule has 0 radical (unpaired) electrons. The number of hydrogen-bond acceptors (Lipinski definition) is 6. The summed E-state index contributed by atoms with van der Waals surface area (Å²) in [7, 11) is 3.17. The van der Waals surface area contributed by atoms with Crippen LogP contribution in [0.2, 0.25) is 0 Å². The van der Waals surface area contributed by atoms with Crippen molar-refractivity contribution in [2.24, 2.45) is 5.41 Å². The third kappa shape index (κ3) is 1.75. The zero-order valence-corrected chi connectivity index (χ0v) is 16.6. The van der Waals surface area contributed by atoms with Crippen LogP contribution < -0.4 is 10.1 Å². The predicted octanol–water partition coefficient (Wildman–Crippen LogP) is 2.44. The fraction of sp³-hybridized carbons (Fsp3) is 0.591. The number of anilines is 1. The minimum atomic E-state index is -0.214. The average molecular weight is 382 g/mol. The first-order chi connectivity index (χ1) is 13.6. The van der Waals surface area contributed by atoms with E-state index in [4.69, 9.17) is 14.2 Å². The Hall–Kier alpha value is -2.05. The van der Waals surface area contributed by atoms with Crippen molar-refractivity contribution >= 4 is 11.7 Å². The number of rotatable bonds is 3. The molecule has 6 nitrogen and oxygen atoms in total. The Bertz CT molecular complexity index is 927. The van der Waals surface area contributed by atoms with E-state index in [-0.39, 0.29) is 22.9 Å². The second kappa shape index (κ2) is 5.30. The van der Waals surface area contributed by atoms with Crippen molar-refractivity contribution in [2.75, 3.05) is 32.6 Å². The Morgan fingerprint density at radius 1 is 1.39 bits per heavy atom. The quantitative estimate of drug-likeness (QED) is 0.640. The number of carbonyl (C=O) groups is 1. The first-order valence-electron chi connectivity index (χ1n) is 10.3. The summed E-state index contributed by atoms with van der Waals surface area (Å²) in [5, 5.41) is 3.63. The molecule has 4 aliphatic heterocycles. The number of benzene rings is 1. The van der Waals surface area contributed by atoms with E-state index in [2.05, 4.69) is 29.3 Å². The SMILES string of the molecule is CC[C@@]12CC(C(=O)OC)=C3Nc4cc(OC)ccc4[C@@]34CCN(C[C@@H]3O[C@@H]31)[C@H]24. The summed E-state index contributed by atoms with van der Waals surface area (Å²) in [6.45, 7) is 4.29. The van der Waals surface area contributed by atoms with E-state index in [9.17, 15) is 4.79 Å². The van der Waals surface area contributed by atoms with Crippen molar-refractivity contribution in [1.29, 1.82) is 0 Å². The number of carbonyl (C=O) groups excluding carboxylic acids is 1. The van der Waals surface area contributed by atoms with Gasteiger partial charge in [0.05, 0.1) is 37.4 Å². The van der Waals surface area contributed by atoms with Gasteiger partial charge in [-0.05, 0) is 37.4 Å². The van der Waals surface area contributed by atoms with Crippen LogP contribution in [0.15, 0.2) is 29.5 Å². The van der Waals surface area contributed by atoms with E-state index in [0.717, 1.165) is 48.6 Å². The van der Waals surface area contributed by atoms with Gasteiger partial charge in [-0.25, -0.2) is 4.79 Å². The van der Waals surface area contributed by atoms with Crippen molar-refractivity contribution in [3.8, 4) is 5.75 Å². The lowest BCUT2D eigenvalue weighted by Crippen LogP contribution is -2.63. The van der Waals surface area contributed by atoms with E-state index >= 15 is 0 Å². The van der Waals surface area contributed by atoms with Gasteiger partial charge in [0.15, 0.2) is 0 Å². The van der Waals surface area contributed by atoms with Crippen molar-refractivity contribution in [1.82, 2.24) is 4.90 Å². The molecule has 1 spiro atoms. The fourth-order valence-electron chi connectivity index (χ4n) is 6.97. The van der Waals surface area contributed by atoms with Crippen molar-refractivity contribution in [2.45, 2.75) is 49.9 Å². The summed E-state index contributed by atoms with van der Waals surface area (Å²) in [6.07, 6.45) is 3.29. The Balaban J connectivity index is 1.63. The smallest absolute Gasteiger partial charge is 0.335 e. The molecule has 0 aromatic heterocycles. The highest BCUT2D eigenvalue weighted by Gasteiger charge is 2.73. The number of ether oxygens (including phenoxy) is 3. The molecule has 5 atom stereocenters. The lowest BCUT2D eigenvalue weighted by atomic mass is 9.53. The minimum Gasteiger partial charge on any atom is -0.497 e. The largest absolute Gasteiger partial charge is 0.497 e. The van der Waals surface area contributed by atoms with Crippen molar-refractivity contribution in [3.05, 3.63) is 35.0 Å². The zero-order chi connectivity index (χ0) is 19.3. The van der Waals surface area contributed by atoms with Gasteiger partial charge in [0.25, 0.3) is 0 Å². The molecule has 1 N–H and O–H groups in total. The molecule has 6 rings (SSSR count). The Labute approximate surface area is 164 Å². The summed E-state index contributed by atoms with van der Waals surface area (Å²) in [5.74, 6) is 0.613. The summed E-state index contributed by atoms with van der Waals surface area (Å²) >= 11 is 0. The molecule has 28 heavy (non-hydrogen) atoms. The van der Waals surface area contributed by atoms with Crippen LogP contribution in [0.1, 0.15) is 31.7 Å². The molecule has 3 saturated heterocycles. The van der Waals surface area contributed by atoms with Crippen molar-refractivity contribution in [3.63, 3.8) is 0 Å². The molecular weight excluding hydrogens is 356 g/mol. The standard InChI is InChI=1S/C22H26N2O4/c1-4-21-10-13(19(25)27-3)17-22(14-6-5-12(26-2)9-15(14)23-17)7-8-24(20(21)22)11-16-18(21)28-16/h5-6,9,16,18,20,23H,4,7-8,10-11H2,1-3H3/t16-,18-,20+,21+,22-/m0/s1. The van der Waals surface area contributed by atoms with Crippen LogP contribution in [-0.2, 0) is 19.7 Å². The zero-order valence-electron chi connectivity index (χ0n) is 16.6. The molecule has 0 bridgehead atoms. The molecule has 0 saturated carbocycles. The summed E-state index contributed by atoms with van der Waals surface area (Å²) < 4.78 is 16.9. The normalized spacial score (nSPS) is 39.5. The third-order valence-corrected chi connectivity index (χ3v) is 8.04. The average Bonchev–Trinajstić information content (AvgIpc) is 3.31. The molecule has 6 heteroatoms. The summed E-state index contributed by atoms with van der Waals surface area (Å²) in [4.78, 5) is 15.5. The van der Waals surface area contributed by atoms with Gasteiger partial charge in [-0.2, -0.15) is 0 Å². The van der Waals surface area contributed by atoms with Crippen LogP contribution in [0.3, 0.4) is 0 Å². The van der Waals surface area contributed by atoms with Gasteiger partial charge in [-0.1, -0.05) is 13.0 Å². The second-order valence-electron chi connectivity index (χ2n) is 8.86. The van der Waals surface area contributed by atoms with Gasteiger partial charge in [0, 0.05) is 35.5 Å². The highest BCUT2D eigenvalue weighted by atomic mass is 16.6. The van der Waals surface area contributed by atoms with Crippen molar-refractivity contribution < 1.29 is 19.0 Å². The number of nitrogens with one attached hydrogen (secondary N) is 1. The maximum Gasteiger partial charge on any atom is 0.335 e. The van der Waals surface area contributed by atoms with Gasteiger partial charge >= 0.3 is 5.97 Å². The van der Waals surface area contributed by atoms with Gasteiger partial charge < -0.3 is 19.5 Å². The maximum absolute atomic E-state index is 12.9. The maximum atomic E-state index is 12.9. The van der Waals surface area contributed by atoms with Gasteiger partial charge in [0.1, 0.15) is 5.75 Å². The van der Waals surface area contributed by atoms with E-state index < -0.39 is 0 Å². The Morgan fingerprint density at radius 2 is 2.25 bits per heavy atom. The third-order valence-electron chi connectivity index (χ3n) is 8.04. The predicted molar refractivity (Wildman–Crippen MR) is 103 cm³/mol. The number of epoxide rings is 1. The highest BCUT2D eigenvalue weighted by molar-refractivity contribution is 5.93. The van der Waals surface area contributed by atoms with E-state index in [0.29, 0.717) is 18.6 Å². The number of esters is 1. The number of fused-ring (bicyclic) bond motifs is 3. The highest BCUT2D eigenvalue weighted by Crippen LogP contribution is 2.68. The lowest BCUT2D eigenvalue weighted by Gasteiger charge is -2.54. The number of hydrogen-bond donors (Lipinski definition) is 1. The molecule has 4 heterocycles. The fourth-order valence-corrected chi connectivity index (χ4v) is 6.97. The molecule has 148 valence electrons. The minimum absolute atomic E-state index is 0.0460. The van der Waals surface area contributed by atoms with Crippen LogP contribution >= 0.6 is 0 Å². The number of methoxy groups -OCH3 is 2.